The molecule has 0 unspecified atom stereocenters. The van der Waals surface area contributed by atoms with E-state index in [0.29, 0.717) is 37.8 Å². The number of hydrogen-bond acceptors (Lipinski definition) is 5. The molecule has 0 bridgehead atoms. The van der Waals surface area contributed by atoms with Crippen LogP contribution in [-0.2, 0) is 0 Å². The zero-order valence-corrected chi connectivity index (χ0v) is 28.3. The number of hydrogen-bond donors (Lipinski definition) is 1. The van der Waals surface area contributed by atoms with Crippen molar-refractivity contribution in [3.63, 3.8) is 0 Å². The van der Waals surface area contributed by atoms with Crippen molar-refractivity contribution in [1.82, 2.24) is 19.9 Å². The summed E-state index contributed by atoms with van der Waals surface area (Å²) in [5.41, 5.74) is 3.19. The van der Waals surface area contributed by atoms with E-state index in [1.54, 1.807) is 31.2 Å². The Balaban J connectivity index is 0.000000143. The van der Waals surface area contributed by atoms with Gasteiger partial charge in [0.25, 0.3) is 5.56 Å². The fraction of sp³-hybridized carbons (Fsp3) is 0.0250. The van der Waals surface area contributed by atoms with Gasteiger partial charge in [0.2, 0.25) is 0 Å². The van der Waals surface area contributed by atoms with Crippen molar-refractivity contribution < 1.29 is 4.79 Å². The summed E-state index contributed by atoms with van der Waals surface area (Å²) in [5, 5.41) is 7.75. The van der Waals surface area contributed by atoms with Gasteiger partial charge in [-0.2, -0.15) is 0 Å². The van der Waals surface area contributed by atoms with E-state index in [9.17, 15) is 9.59 Å². The zero-order valence-electron chi connectivity index (χ0n) is 26.1. The number of H-pyrrole nitrogens is 1. The topological polar surface area (TPSA) is 88.6 Å². The van der Waals surface area contributed by atoms with Gasteiger partial charge >= 0.3 is 0 Å². The molecule has 0 aliphatic rings. The Morgan fingerprint density at radius 3 is 1.61 bits per heavy atom. The maximum atomic E-state index is 11.7. The fourth-order valence-electron chi connectivity index (χ4n) is 5.10. The Hall–Kier alpha value is -5.40. The first-order valence-electron chi connectivity index (χ1n) is 15.2. The lowest BCUT2D eigenvalue weighted by Crippen LogP contribution is -2.09. The van der Waals surface area contributed by atoms with Crippen molar-refractivity contribution in [2.75, 3.05) is 0 Å². The second kappa shape index (κ2) is 15.2. The molecule has 0 aliphatic carbocycles. The van der Waals surface area contributed by atoms with Gasteiger partial charge in [0.1, 0.15) is 17.3 Å². The molecule has 9 heteroatoms. The quantitative estimate of drug-likeness (QED) is 0.113. The predicted molar refractivity (Wildman–Crippen MR) is 204 cm³/mol. The minimum atomic E-state index is -0.0757. The van der Waals surface area contributed by atoms with Gasteiger partial charge in [-0.3, -0.25) is 9.59 Å². The Labute approximate surface area is 296 Å². The minimum absolute atomic E-state index is 0.0757. The zero-order chi connectivity index (χ0) is 34.3. The molecule has 240 valence electrons. The molecule has 0 saturated carbocycles. The highest BCUT2D eigenvalue weighted by molar-refractivity contribution is 6.34. The number of benzene rings is 6. The SMILES string of the molecule is Cc1nc2cc3ccccc3cc2c(=O)[nH]1.Clc1ccc(/C=C/c2nc(Cl)c3cc4ccccc4cc3n2)cc1.O=Cc1ccc(Cl)cc1. The highest BCUT2D eigenvalue weighted by atomic mass is 35.5. The van der Waals surface area contributed by atoms with E-state index in [1.807, 2.05) is 97.1 Å². The largest absolute Gasteiger partial charge is 0.310 e. The second-order valence-electron chi connectivity index (χ2n) is 11.0. The third-order valence-corrected chi connectivity index (χ3v) is 8.32. The van der Waals surface area contributed by atoms with E-state index < -0.39 is 0 Å². The number of nitrogens with zero attached hydrogens (tertiary/aromatic N) is 3. The number of aromatic amines is 1. The first-order chi connectivity index (χ1) is 23.7. The molecule has 6 aromatic carbocycles. The van der Waals surface area contributed by atoms with Gasteiger partial charge in [0.05, 0.1) is 16.4 Å². The van der Waals surface area contributed by atoms with Crippen molar-refractivity contribution in [2.45, 2.75) is 6.92 Å². The maximum Gasteiger partial charge on any atom is 0.258 e. The molecule has 0 spiro atoms. The van der Waals surface area contributed by atoms with Crippen LogP contribution in [0.2, 0.25) is 15.2 Å². The molecule has 6 nitrogen and oxygen atoms in total. The molecule has 0 amide bonds. The van der Waals surface area contributed by atoms with Crippen LogP contribution in [0.5, 0.6) is 0 Å². The van der Waals surface area contributed by atoms with Crippen LogP contribution in [0.15, 0.2) is 126 Å². The molecular formula is C40H27Cl3N4O2. The van der Waals surface area contributed by atoms with E-state index in [2.05, 4.69) is 32.1 Å². The van der Waals surface area contributed by atoms with Gasteiger partial charge < -0.3 is 4.98 Å². The Morgan fingerprint density at radius 2 is 1.06 bits per heavy atom. The monoisotopic (exact) mass is 700 g/mol. The number of halogens is 3. The molecule has 0 fully saturated rings. The average Bonchev–Trinajstić information content (AvgIpc) is 3.11. The van der Waals surface area contributed by atoms with E-state index in [1.165, 1.54) is 0 Å². The summed E-state index contributed by atoms with van der Waals surface area (Å²) in [6.07, 6.45) is 4.58. The lowest BCUT2D eigenvalue weighted by atomic mass is 10.1. The third-order valence-electron chi connectivity index (χ3n) is 7.53. The van der Waals surface area contributed by atoms with Crippen LogP contribution in [0.4, 0.5) is 0 Å². The number of aryl methyl sites for hydroxylation is 1. The maximum absolute atomic E-state index is 11.7. The molecule has 8 rings (SSSR count). The first kappa shape index (κ1) is 33.5. The standard InChI is InChI=1S/C20H12Cl2N2.C13H10N2O.C7H5ClO/c21-16-8-5-13(6-9-16)7-10-19-23-18-12-15-4-2-1-3-14(15)11-17(18)20(22)24-19;1-8-14-12-7-10-5-3-2-4-9(10)6-11(12)13(16)15-8;8-7-3-1-6(5-9)2-4-7/h1-12H;2-7H,1H3,(H,14,15,16);1-5H/b10-7+;;. The highest BCUT2D eigenvalue weighted by Crippen LogP contribution is 2.27. The van der Waals surface area contributed by atoms with Crippen LogP contribution in [-0.4, -0.2) is 26.2 Å². The van der Waals surface area contributed by atoms with Crippen molar-refractivity contribution in [3.8, 4) is 0 Å². The number of carbonyl (C=O) groups is 1. The number of nitrogens with one attached hydrogen (secondary N) is 1. The molecule has 0 atom stereocenters. The van der Waals surface area contributed by atoms with E-state index in [-0.39, 0.29) is 5.56 Å². The molecule has 8 aromatic rings. The second-order valence-corrected chi connectivity index (χ2v) is 12.2. The Morgan fingerprint density at radius 1 is 0.571 bits per heavy atom. The van der Waals surface area contributed by atoms with E-state index in [4.69, 9.17) is 34.8 Å². The molecule has 49 heavy (non-hydrogen) atoms. The van der Waals surface area contributed by atoms with Crippen LogP contribution in [0, 0.1) is 6.92 Å². The number of aromatic nitrogens is 4. The molecule has 0 saturated heterocycles. The molecule has 0 radical (unpaired) electrons. The average molecular weight is 702 g/mol. The van der Waals surface area contributed by atoms with Gasteiger partial charge in [-0.25, -0.2) is 15.0 Å². The Bertz CT molecular complexity index is 2530. The van der Waals surface area contributed by atoms with Crippen molar-refractivity contribution >= 4 is 96.6 Å². The third kappa shape index (κ3) is 8.37. The van der Waals surface area contributed by atoms with E-state index >= 15 is 0 Å². The summed E-state index contributed by atoms with van der Waals surface area (Å²) in [6.45, 7) is 1.79. The fourth-order valence-corrected chi connectivity index (χ4v) is 5.59. The summed E-state index contributed by atoms with van der Waals surface area (Å²) in [5.74, 6) is 1.23. The molecule has 2 aromatic heterocycles. The van der Waals surface area contributed by atoms with Gasteiger partial charge in [-0.05, 0) is 88.6 Å². The Kier molecular flexibility index (Phi) is 10.4. The van der Waals surface area contributed by atoms with Crippen molar-refractivity contribution in [2.24, 2.45) is 0 Å². The smallest absolute Gasteiger partial charge is 0.258 e. The van der Waals surface area contributed by atoms with Crippen molar-refractivity contribution in [3.05, 3.63) is 170 Å². The number of carbonyl (C=O) groups excluding carboxylic acids is 1. The molecule has 2 heterocycles. The molecular weight excluding hydrogens is 675 g/mol. The number of rotatable bonds is 3. The molecule has 1 N–H and O–H groups in total. The van der Waals surface area contributed by atoms with Gasteiger partial charge in [-0.15, -0.1) is 0 Å². The van der Waals surface area contributed by atoms with Crippen LogP contribution in [0.3, 0.4) is 0 Å². The van der Waals surface area contributed by atoms with Gasteiger partial charge in [0.15, 0.2) is 5.82 Å². The van der Waals surface area contributed by atoms with Crippen LogP contribution in [0.1, 0.15) is 27.6 Å². The van der Waals surface area contributed by atoms with Gasteiger partial charge in [0, 0.05) is 21.0 Å². The number of fused-ring (bicyclic) bond motifs is 4. The summed E-state index contributed by atoms with van der Waals surface area (Å²) in [7, 11) is 0. The lowest BCUT2D eigenvalue weighted by Gasteiger charge is -2.04. The van der Waals surface area contributed by atoms with Crippen LogP contribution < -0.4 is 5.56 Å². The minimum Gasteiger partial charge on any atom is -0.310 e. The van der Waals surface area contributed by atoms with Crippen molar-refractivity contribution in [1.29, 1.82) is 0 Å². The van der Waals surface area contributed by atoms with E-state index in [0.717, 1.165) is 49.8 Å². The summed E-state index contributed by atoms with van der Waals surface area (Å²) < 4.78 is 0. The molecule has 0 aliphatic heterocycles. The van der Waals surface area contributed by atoms with Crippen LogP contribution >= 0.6 is 34.8 Å². The summed E-state index contributed by atoms with van der Waals surface area (Å²) >= 11 is 17.8. The summed E-state index contributed by atoms with van der Waals surface area (Å²) in [6, 6.07) is 38.3. The predicted octanol–water partition coefficient (Wildman–Crippen LogP) is 10.8. The number of aldehydes is 1. The normalized spacial score (nSPS) is 10.9. The lowest BCUT2D eigenvalue weighted by molar-refractivity contribution is 0.112. The van der Waals surface area contributed by atoms with Crippen LogP contribution in [0.25, 0.3) is 55.5 Å². The summed E-state index contributed by atoms with van der Waals surface area (Å²) in [4.78, 5) is 37.9. The highest BCUT2D eigenvalue weighted by Gasteiger charge is 2.07. The van der Waals surface area contributed by atoms with Gasteiger partial charge in [-0.1, -0.05) is 114 Å². The first-order valence-corrected chi connectivity index (χ1v) is 16.3.